The van der Waals surface area contributed by atoms with Crippen LogP contribution in [0, 0.1) is 6.92 Å². The molecule has 0 N–H and O–H groups in total. The Bertz CT molecular complexity index is 605. The van der Waals surface area contributed by atoms with E-state index in [1.54, 1.807) is 11.8 Å². The van der Waals surface area contributed by atoms with Gasteiger partial charge in [-0.2, -0.15) is 5.10 Å². The lowest BCUT2D eigenvalue weighted by molar-refractivity contribution is 0.112. The van der Waals surface area contributed by atoms with Crippen LogP contribution in [0.15, 0.2) is 24.3 Å². The minimum absolute atomic E-state index is 0.593. The number of aryl methyl sites for hydroxylation is 2. The maximum Gasteiger partial charge on any atom is 0.155 e. The van der Waals surface area contributed by atoms with E-state index in [4.69, 9.17) is 4.74 Å². The zero-order chi connectivity index (χ0) is 14.0. The zero-order valence-corrected chi connectivity index (χ0v) is 11.5. The normalized spacial score (nSPS) is 10.3. The second-order valence-electron chi connectivity index (χ2n) is 4.30. The number of hydrogen-bond acceptors (Lipinski definition) is 4. The Labute approximate surface area is 112 Å². The van der Waals surface area contributed by atoms with Crippen molar-refractivity contribution in [1.29, 1.82) is 0 Å². The van der Waals surface area contributed by atoms with Crippen LogP contribution < -0.4 is 9.64 Å². The molecular formula is C14H17N3O2. The van der Waals surface area contributed by atoms with Crippen molar-refractivity contribution in [2.24, 2.45) is 7.05 Å². The molecule has 0 saturated carbocycles. The maximum absolute atomic E-state index is 11.2. The highest BCUT2D eigenvalue weighted by Gasteiger charge is 2.19. The first-order chi connectivity index (χ1) is 9.10. The molecule has 0 aliphatic carbocycles. The van der Waals surface area contributed by atoms with Crippen molar-refractivity contribution in [3.63, 3.8) is 0 Å². The maximum atomic E-state index is 11.2. The van der Waals surface area contributed by atoms with Gasteiger partial charge in [-0.05, 0) is 19.1 Å². The SMILES string of the molecule is COc1ccccc1N(C)c1c(C=O)c(C)nn1C. The zero-order valence-electron chi connectivity index (χ0n) is 11.5. The number of methoxy groups -OCH3 is 1. The van der Waals surface area contributed by atoms with Gasteiger partial charge in [0.25, 0.3) is 0 Å². The first-order valence-corrected chi connectivity index (χ1v) is 5.95. The molecule has 0 aliphatic heterocycles. The molecule has 0 radical (unpaired) electrons. The lowest BCUT2D eigenvalue weighted by Gasteiger charge is -2.22. The third kappa shape index (κ3) is 2.19. The number of carbonyl (C=O) groups excluding carboxylic acids is 1. The van der Waals surface area contributed by atoms with Crippen LogP contribution in [0.4, 0.5) is 11.5 Å². The lowest BCUT2D eigenvalue weighted by Crippen LogP contribution is -2.16. The second kappa shape index (κ2) is 5.14. The van der Waals surface area contributed by atoms with Gasteiger partial charge in [-0.3, -0.25) is 9.48 Å². The number of nitrogens with zero attached hydrogens (tertiary/aromatic N) is 3. The number of rotatable bonds is 4. The van der Waals surface area contributed by atoms with Crippen molar-refractivity contribution in [3.05, 3.63) is 35.5 Å². The first kappa shape index (κ1) is 13.1. The van der Waals surface area contributed by atoms with E-state index in [-0.39, 0.29) is 0 Å². The summed E-state index contributed by atoms with van der Waals surface area (Å²) in [6.07, 6.45) is 0.837. The summed E-state index contributed by atoms with van der Waals surface area (Å²) in [5.41, 5.74) is 2.20. The van der Waals surface area contributed by atoms with Crippen molar-refractivity contribution < 1.29 is 9.53 Å². The molecule has 0 spiro atoms. The average Bonchev–Trinajstić information content (AvgIpc) is 2.71. The molecule has 0 saturated heterocycles. The summed E-state index contributed by atoms with van der Waals surface area (Å²) in [7, 11) is 5.34. The van der Waals surface area contributed by atoms with Crippen LogP contribution in [0.3, 0.4) is 0 Å². The minimum Gasteiger partial charge on any atom is -0.495 e. The summed E-state index contributed by atoms with van der Waals surface area (Å²) in [6.45, 7) is 1.82. The predicted octanol–water partition coefficient (Wildman–Crippen LogP) is 2.32. The van der Waals surface area contributed by atoms with E-state index in [1.807, 2.05) is 50.2 Å². The molecule has 5 heteroatoms. The van der Waals surface area contributed by atoms with Crippen LogP contribution in [0.5, 0.6) is 5.75 Å². The summed E-state index contributed by atoms with van der Waals surface area (Å²) < 4.78 is 7.05. The van der Waals surface area contributed by atoms with Crippen molar-refractivity contribution in [2.75, 3.05) is 19.1 Å². The van der Waals surface area contributed by atoms with E-state index < -0.39 is 0 Å². The van der Waals surface area contributed by atoms with Crippen LogP contribution in [-0.2, 0) is 7.05 Å². The molecule has 0 unspecified atom stereocenters. The molecule has 1 aromatic heterocycles. The summed E-state index contributed by atoms with van der Waals surface area (Å²) in [4.78, 5) is 13.1. The van der Waals surface area contributed by atoms with Gasteiger partial charge in [-0.25, -0.2) is 0 Å². The molecule has 0 amide bonds. The largest absolute Gasteiger partial charge is 0.495 e. The Balaban J connectivity index is 2.56. The van der Waals surface area contributed by atoms with E-state index in [0.717, 1.165) is 23.5 Å². The third-order valence-corrected chi connectivity index (χ3v) is 3.12. The number of benzene rings is 1. The number of aromatic nitrogens is 2. The Morgan fingerprint density at radius 3 is 2.68 bits per heavy atom. The highest BCUT2D eigenvalue weighted by atomic mass is 16.5. The van der Waals surface area contributed by atoms with Crippen LogP contribution in [0.25, 0.3) is 0 Å². The van der Waals surface area contributed by atoms with Gasteiger partial charge in [0.1, 0.15) is 11.6 Å². The van der Waals surface area contributed by atoms with Gasteiger partial charge in [0.05, 0.1) is 24.1 Å². The van der Waals surface area contributed by atoms with Gasteiger partial charge in [-0.1, -0.05) is 12.1 Å². The van der Waals surface area contributed by atoms with Gasteiger partial charge < -0.3 is 9.64 Å². The fraction of sp³-hybridized carbons (Fsp3) is 0.286. The molecule has 19 heavy (non-hydrogen) atoms. The van der Waals surface area contributed by atoms with Crippen molar-refractivity contribution in [1.82, 2.24) is 9.78 Å². The number of aldehydes is 1. The van der Waals surface area contributed by atoms with Crippen LogP contribution in [0.2, 0.25) is 0 Å². The van der Waals surface area contributed by atoms with Crippen LogP contribution in [0.1, 0.15) is 16.1 Å². The van der Waals surface area contributed by atoms with E-state index >= 15 is 0 Å². The molecule has 0 atom stereocenters. The summed E-state index contributed by atoms with van der Waals surface area (Å²) >= 11 is 0. The summed E-state index contributed by atoms with van der Waals surface area (Å²) in [5, 5.41) is 4.29. The van der Waals surface area contributed by atoms with Crippen molar-refractivity contribution in [3.8, 4) is 5.75 Å². The molecule has 2 rings (SSSR count). The molecule has 100 valence electrons. The number of anilines is 2. The molecule has 5 nitrogen and oxygen atoms in total. The molecule has 2 aromatic rings. The van der Waals surface area contributed by atoms with Crippen LogP contribution >= 0.6 is 0 Å². The minimum atomic E-state index is 0.593. The third-order valence-electron chi connectivity index (χ3n) is 3.12. The van der Waals surface area contributed by atoms with E-state index in [2.05, 4.69) is 5.10 Å². The number of ether oxygens (including phenoxy) is 1. The summed E-state index contributed by atoms with van der Waals surface area (Å²) in [6, 6.07) is 7.66. The Morgan fingerprint density at radius 2 is 2.05 bits per heavy atom. The number of hydrogen-bond donors (Lipinski definition) is 0. The highest BCUT2D eigenvalue weighted by molar-refractivity contribution is 5.87. The number of carbonyl (C=O) groups is 1. The fourth-order valence-corrected chi connectivity index (χ4v) is 2.22. The molecular weight excluding hydrogens is 242 g/mol. The standard InChI is InChI=1S/C14H17N3O2/c1-10-11(9-18)14(17(3)15-10)16(2)12-7-5-6-8-13(12)19-4/h5-9H,1-4H3. The van der Waals surface area contributed by atoms with Gasteiger partial charge >= 0.3 is 0 Å². The molecule has 1 aromatic carbocycles. The number of para-hydroxylation sites is 2. The quantitative estimate of drug-likeness (QED) is 0.791. The Kier molecular flexibility index (Phi) is 3.55. The predicted molar refractivity (Wildman–Crippen MR) is 74.4 cm³/mol. The molecule has 0 bridgehead atoms. The van der Waals surface area contributed by atoms with Gasteiger partial charge in [0.2, 0.25) is 0 Å². The Hall–Kier alpha value is -2.30. The van der Waals surface area contributed by atoms with Crippen LogP contribution in [-0.4, -0.2) is 30.2 Å². The molecule has 1 heterocycles. The van der Waals surface area contributed by atoms with E-state index in [1.165, 1.54) is 0 Å². The van der Waals surface area contributed by atoms with Gasteiger partial charge in [0.15, 0.2) is 6.29 Å². The first-order valence-electron chi connectivity index (χ1n) is 5.95. The summed E-state index contributed by atoms with van der Waals surface area (Å²) in [5.74, 6) is 1.50. The fourth-order valence-electron chi connectivity index (χ4n) is 2.22. The highest BCUT2D eigenvalue weighted by Crippen LogP contribution is 2.33. The average molecular weight is 259 g/mol. The monoisotopic (exact) mass is 259 g/mol. The van der Waals surface area contributed by atoms with E-state index in [0.29, 0.717) is 11.3 Å². The molecule has 0 fully saturated rings. The smallest absolute Gasteiger partial charge is 0.155 e. The topological polar surface area (TPSA) is 47.4 Å². The lowest BCUT2D eigenvalue weighted by atomic mass is 10.2. The van der Waals surface area contributed by atoms with Crippen molar-refractivity contribution >= 4 is 17.8 Å². The Morgan fingerprint density at radius 1 is 1.37 bits per heavy atom. The van der Waals surface area contributed by atoms with Gasteiger partial charge in [-0.15, -0.1) is 0 Å². The van der Waals surface area contributed by atoms with E-state index in [9.17, 15) is 4.79 Å². The van der Waals surface area contributed by atoms with Crippen molar-refractivity contribution in [2.45, 2.75) is 6.92 Å². The second-order valence-corrected chi connectivity index (χ2v) is 4.30. The molecule has 0 aliphatic rings. The van der Waals surface area contributed by atoms with Gasteiger partial charge in [0, 0.05) is 14.1 Å².